The van der Waals surface area contributed by atoms with Crippen LogP contribution in [0.4, 0.5) is 0 Å². The highest BCUT2D eigenvalue weighted by Crippen LogP contribution is 2.33. The summed E-state index contributed by atoms with van der Waals surface area (Å²) in [4.78, 5) is 18.3. The molecule has 0 spiro atoms. The zero-order chi connectivity index (χ0) is 27.3. The number of nitrogens with zero attached hydrogens (tertiary/aromatic N) is 2. The molecule has 9 heteroatoms. The Morgan fingerprint density at radius 1 is 1.22 bits per heavy atom. The van der Waals surface area contributed by atoms with Crippen molar-refractivity contribution in [2.45, 2.75) is 31.2 Å². The van der Waals surface area contributed by atoms with Gasteiger partial charge in [0.2, 0.25) is 0 Å². The molecule has 0 fully saturated rings. The van der Waals surface area contributed by atoms with Crippen LogP contribution >= 0.6 is 34.8 Å². The van der Waals surface area contributed by atoms with Crippen LogP contribution in [0.2, 0.25) is 5.02 Å². The van der Waals surface area contributed by atoms with Gasteiger partial charge in [-0.1, -0.05) is 60.1 Å². The number of allylic oxidation sites excluding steroid dienone is 5. The zero-order valence-corrected chi connectivity index (χ0v) is 24.1. The first-order valence-corrected chi connectivity index (χ1v) is 14.2. The van der Waals surface area contributed by atoms with Gasteiger partial charge in [-0.3, -0.25) is 9.36 Å². The Labute approximate surface area is 236 Å². The van der Waals surface area contributed by atoms with Crippen LogP contribution in [0.15, 0.2) is 83.4 Å². The summed E-state index contributed by atoms with van der Waals surface area (Å²) in [5.74, 6) is 0.107. The lowest BCUT2D eigenvalue weighted by Crippen LogP contribution is -2.40. The van der Waals surface area contributed by atoms with Gasteiger partial charge < -0.3 is 9.87 Å². The molecule has 1 N–H and O–H groups in total. The van der Waals surface area contributed by atoms with E-state index in [0.29, 0.717) is 27.1 Å². The molecule has 194 valence electrons. The van der Waals surface area contributed by atoms with E-state index in [-0.39, 0.29) is 17.5 Å². The maximum absolute atomic E-state index is 13.0. The Morgan fingerprint density at radius 3 is 2.51 bits per heavy atom. The fourth-order valence-electron chi connectivity index (χ4n) is 3.51. The van der Waals surface area contributed by atoms with Gasteiger partial charge in [0.1, 0.15) is 17.8 Å². The number of hydrogen-bond donors (Lipinski definition) is 1. The molecule has 0 bridgehead atoms. The first kappa shape index (κ1) is 29.1. The van der Waals surface area contributed by atoms with Crippen LogP contribution in [0.25, 0.3) is 22.4 Å². The van der Waals surface area contributed by atoms with Crippen molar-refractivity contribution in [3.63, 3.8) is 0 Å². The minimum absolute atomic E-state index is 0.0499. The fourth-order valence-corrected chi connectivity index (χ4v) is 4.90. The molecular formula is C28H28Cl3N3O2S. The van der Waals surface area contributed by atoms with Crippen LogP contribution in [-0.2, 0) is 11.2 Å². The van der Waals surface area contributed by atoms with Crippen LogP contribution < -0.4 is 5.32 Å². The molecule has 0 radical (unpaired) electrons. The highest BCUT2D eigenvalue weighted by molar-refractivity contribution is 7.90. The third-order valence-electron chi connectivity index (χ3n) is 5.20. The van der Waals surface area contributed by atoms with Gasteiger partial charge in [0.25, 0.3) is 5.91 Å². The van der Waals surface area contributed by atoms with Crippen molar-refractivity contribution in [2.24, 2.45) is 0 Å². The van der Waals surface area contributed by atoms with Gasteiger partial charge in [0.05, 0.1) is 16.6 Å². The van der Waals surface area contributed by atoms with E-state index in [4.69, 9.17) is 34.8 Å². The molecule has 1 amide bonds. The van der Waals surface area contributed by atoms with Crippen molar-refractivity contribution >= 4 is 57.5 Å². The number of rotatable bonds is 8. The van der Waals surface area contributed by atoms with Gasteiger partial charge in [-0.2, -0.15) is 0 Å². The second kappa shape index (κ2) is 12.4. The summed E-state index contributed by atoms with van der Waals surface area (Å²) in [5, 5.41) is 3.71. The van der Waals surface area contributed by atoms with Crippen molar-refractivity contribution < 1.29 is 9.35 Å². The molecule has 2 aromatic carbocycles. The van der Waals surface area contributed by atoms with Crippen molar-refractivity contribution in [1.29, 1.82) is 0 Å². The SMILES string of the molecule is C=C/C=C\C(Cl)=C(/CCl)c1nc(C(=O)NC(C)(C)C)cn1-c1ccc(-c2cccc([S+](C)[O-])c2)cc1Cl. The lowest BCUT2D eigenvalue weighted by Gasteiger charge is -2.19. The van der Waals surface area contributed by atoms with Crippen LogP contribution in [0, 0.1) is 0 Å². The molecule has 0 aliphatic carbocycles. The van der Waals surface area contributed by atoms with Crippen molar-refractivity contribution in [2.75, 3.05) is 12.1 Å². The quantitative estimate of drug-likeness (QED) is 0.173. The van der Waals surface area contributed by atoms with E-state index < -0.39 is 16.7 Å². The Hall–Kier alpha value is -2.48. The molecular weight excluding hydrogens is 549 g/mol. The predicted octanol–water partition coefficient (Wildman–Crippen LogP) is 7.39. The second-order valence-electron chi connectivity index (χ2n) is 9.23. The van der Waals surface area contributed by atoms with E-state index in [1.54, 1.807) is 35.2 Å². The number of amides is 1. The number of carbonyl (C=O) groups excluding carboxylic acids is 1. The van der Waals surface area contributed by atoms with E-state index in [1.807, 2.05) is 63.2 Å². The zero-order valence-electron chi connectivity index (χ0n) is 21.0. The number of aromatic nitrogens is 2. The molecule has 0 saturated heterocycles. The summed E-state index contributed by atoms with van der Waals surface area (Å²) >= 11 is 18.5. The Bertz CT molecular complexity index is 1370. The van der Waals surface area contributed by atoms with Crippen LogP contribution in [0.3, 0.4) is 0 Å². The highest BCUT2D eigenvalue weighted by Gasteiger charge is 2.23. The molecule has 1 heterocycles. The summed E-state index contributed by atoms with van der Waals surface area (Å²) in [6, 6.07) is 13.0. The van der Waals surface area contributed by atoms with Crippen LogP contribution in [-0.4, -0.2) is 37.7 Å². The Balaban J connectivity index is 2.17. The number of alkyl halides is 1. The maximum atomic E-state index is 13.0. The first-order chi connectivity index (χ1) is 17.4. The van der Waals surface area contributed by atoms with E-state index in [2.05, 4.69) is 16.9 Å². The minimum Gasteiger partial charge on any atom is -0.612 e. The van der Waals surface area contributed by atoms with Gasteiger partial charge in [0.15, 0.2) is 4.90 Å². The monoisotopic (exact) mass is 575 g/mol. The van der Waals surface area contributed by atoms with Crippen LogP contribution in [0.5, 0.6) is 0 Å². The summed E-state index contributed by atoms with van der Waals surface area (Å²) in [7, 11) is 0. The third kappa shape index (κ3) is 7.30. The summed E-state index contributed by atoms with van der Waals surface area (Å²) < 4.78 is 13.6. The molecule has 1 aromatic heterocycles. The van der Waals surface area contributed by atoms with Crippen molar-refractivity contribution in [3.05, 3.63) is 95.0 Å². The normalized spacial score (nSPS) is 13.4. The largest absolute Gasteiger partial charge is 0.612 e. The van der Waals surface area contributed by atoms with Gasteiger partial charge >= 0.3 is 0 Å². The number of carbonyl (C=O) groups is 1. The maximum Gasteiger partial charge on any atom is 0.271 e. The highest BCUT2D eigenvalue weighted by atomic mass is 35.5. The number of benzene rings is 2. The molecule has 37 heavy (non-hydrogen) atoms. The Kier molecular flexibility index (Phi) is 9.73. The molecule has 1 atom stereocenters. The van der Waals surface area contributed by atoms with E-state index >= 15 is 0 Å². The van der Waals surface area contributed by atoms with E-state index in [9.17, 15) is 9.35 Å². The minimum atomic E-state index is -1.10. The predicted molar refractivity (Wildman–Crippen MR) is 156 cm³/mol. The van der Waals surface area contributed by atoms with Crippen LogP contribution in [0.1, 0.15) is 37.1 Å². The Morgan fingerprint density at radius 2 is 1.92 bits per heavy atom. The topological polar surface area (TPSA) is 70.0 Å². The molecule has 0 saturated carbocycles. The molecule has 5 nitrogen and oxygen atoms in total. The van der Waals surface area contributed by atoms with Crippen molar-refractivity contribution in [1.82, 2.24) is 14.9 Å². The lowest BCUT2D eigenvalue weighted by atomic mass is 10.1. The van der Waals surface area contributed by atoms with Gasteiger partial charge in [-0.15, -0.1) is 11.6 Å². The lowest BCUT2D eigenvalue weighted by molar-refractivity contribution is 0.0915. The first-order valence-electron chi connectivity index (χ1n) is 11.3. The van der Waals surface area contributed by atoms with E-state index in [0.717, 1.165) is 16.0 Å². The smallest absolute Gasteiger partial charge is 0.271 e. The number of nitrogens with one attached hydrogen (secondary N) is 1. The summed E-state index contributed by atoms with van der Waals surface area (Å²) in [6.45, 7) is 9.34. The third-order valence-corrected chi connectivity index (χ3v) is 7.05. The average molecular weight is 577 g/mol. The number of hydrogen-bond acceptors (Lipinski definition) is 3. The molecule has 0 aliphatic rings. The number of imidazole rings is 1. The van der Waals surface area contributed by atoms with E-state index in [1.165, 1.54) is 0 Å². The standard InChI is InChI=1S/C28H28Cl3N3O2S/c1-6-7-11-22(30)21(16-29)26-32-24(27(35)33-28(2,3)4)17-34(26)25-13-12-19(15-23(25)31)18-9-8-10-20(14-18)37(5)36/h6-15,17H,1,16H2,2-5H3,(H,33,35)/b11-7-,22-21-. The number of halogens is 3. The average Bonchev–Trinajstić information content (AvgIpc) is 3.27. The second-order valence-corrected chi connectivity index (χ2v) is 11.7. The fraction of sp³-hybridized carbons (Fsp3) is 0.214. The molecule has 1 unspecified atom stereocenters. The molecule has 3 aromatic rings. The van der Waals surface area contributed by atoms with Crippen molar-refractivity contribution in [3.8, 4) is 16.8 Å². The summed E-state index contributed by atoms with van der Waals surface area (Å²) in [6.07, 6.45) is 8.21. The molecule has 0 aliphatic heterocycles. The van der Waals surface area contributed by atoms with Gasteiger partial charge in [-0.05, 0) is 67.3 Å². The summed E-state index contributed by atoms with van der Waals surface area (Å²) in [5.41, 5.74) is 2.60. The van der Waals surface area contributed by atoms with Gasteiger partial charge in [0, 0.05) is 28.4 Å². The van der Waals surface area contributed by atoms with Gasteiger partial charge in [-0.25, -0.2) is 4.98 Å². The molecule has 3 rings (SSSR count).